The van der Waals surface area contributed by atoms with Crippen molar-refractivity contribution in [2.75, 3.05) is 6.61 Å². The van der Waals surface area contributed by atoms with Crippen LogP contribution in [0.25, 0.3) is 27.8 Å². The van der Waals surface area contributed by atoms with Gasteiger partial charge in [-0.05, 0) is 49.4 Å². The maximum absolute atomic E-state index is 13.5. The fourth-order valence-corrected chi connectivity index (χ4v) is 3.31. The lowest BCUT2D eigenvalue weighted by molar-refractivity contribution is 0.328. The van der Waals surface area contributed by atoms with E-state index in [1.807, 2.05) is 13.0 Å². The van der Waals surface area contributed by atoms with Crippen molar-refractivity contribution >= 4 is 22.6 Å². The van der Waals surface area contributed by atoms with Crippen LogP contribution in [0.15, 0.2) is 70.4 Å². The van der Waals surface area contributed by atoms with Crippen molar-refractivity contribution in [2.24, 2.45) is 7.05 Å². The highest BCUT2D eigenvalue weighted by Crippen LogP contribution is 2.24. The van der Waals surface area contributed by atoms with Crippen molar-refractivity contribution in [3.63, 3.8) is 0 Å². The predicted molar refractivity (Wildman–Crippen MR) is 114 cm³/mol. The molecule has 0 atom stereocenters. The molecule has 0 N–H and O–H groups in total. The van der Waals surface area contributed by atoms with E-state index in [0.29, 0.717) is 40.0 Å². The second-order valence-corrected chi connectivity index (χ2v) is 6.97. The van der Waals surface area contributed by atoms with Crippen LogP contribution >= 0.6 is 11.6 Å². The summed E-state index contributed by atoms with van der Waals surface area (Å²) in [6.07, 6.45) is 1.65. The Morgan fingerprint density at radius 3 is 2.48 bits per heavy atom. The molecule has 0 aliphatic rings. The van der Waals surface area contributed by atoms with Gasteiger partial charge in [0.05, 0.1) is 12.3 Å². The second kappa shape index (κ2) is 7.56. The summed E-state index contributed by atoms with van der Waals surface area (Å²) in [5.74, 6) is 0.442. The van der Waals surface area contributed by atoms with Crippen molar-refractivity contribution in [1.29, 1.82) is 0 Å². The monoisotopic (exact) mass is 407 g/mol. The van der Waals surface area contributed by atoms with Gasteiger partial charge in [0.1, 0.15) is 0 Å². The maximum Gasteiger partial charge on any atom is 0.264 e. The fraction of sp³-hybridized carbons (Fsp3) is 0.136. The van der Waals surface area contributed by atoms with Crippen LogP contribution in [-0.2, 0) is 7.05 Å². The summed E-state index contributed by atoms with van der Waals surface area (Å²) < 4.78 is 8.50. The van der Waals surface area contributed by atoms with E-state index in [9.17, 15) is 9.59 Å². The topological polar surface area (TPSA) is 66.1 Å². The average molecular weight is 408 g/mol. The summed E-state index contributed by atoms with van der Waals surface area (Å²) in [7, 11) is 1.65. The molecule has 0 saturated carbocycles. The van der Waals surface area contributed by atoms with E-state index in [4.69, 9.17) is 16.3 Å². The lowest BCUT2D eigenvalue weighted by atomic mass is 10.1. The van der Waals surface area contributed by atoms with Crippen LogP contribution < -0.4 is 15.9 Å². The van der Waals surface area contributed by atoms with Crippen LogP contribution in [0, 0.1) is 0 Å². The highest BCUT2D eigenvalue weighted by atomic mass is 35.5. The zero-order chi connectivity index (χ0) is 20.5. The van der Waals surface area contributed by atoms with E-state index in [1.54, 1.807) is 55.7 Å². The number of aromatic nitrogens is 3. The summed E-state index contributed by atoms with van der Waals surface area (Å²) in [5, 5.41) is 1.34. The van der Waals surface area contributed by atoms with Crippen molar-refractivity contribution in [1.82, 2.24) is 14.1 Å². The number of aryl methyl sites for hydroxylation is 1. The first kappa shape index (κ1) is 19.0. The van der Waals surface area contributed by atoms with Gasteiger partial charge in [-0.2, -0.15) is 4.98 Å². The Balaban J connectivity index is 2.06. The number of pyridine rings is 3. The minimum atomic E-state index is -0.250. The van der Waals surface area contributed by atoms with Gasteiger partial charge in [-0.3, -0.25) is 14.2 Å². The van der Waals surface area contributed by atoms with Gasteiger partial charge in [-0.1, -0.05) is 11.6 Å². The molecule has 4 rings (SSSR count). The molecule has 0 saturated heterocycles. The minimum Gasteiger partial charge on any atom is -0.478 e. The number of fused-ring (bicyclic) bond motifs is 1. The number of ether oxygens (including phenoxy) is 1. The van der Waals surface area contributed by atoms with E-state index in [0.717, 1.165) is 5.39 Å². The molecule has 1 aromatic carbocycles. The van der Waals surface area contributed by atoms with Crippen LogP contribution in [0.5, 0.6) is 5.88 Å². The van der Waals surface area contributed by atoms with Crippen LogP contribution in [0.2, 0.25) is 5.02 Å². The number of halogens is 1. The molecule has 0 fully saturated rings. The summed E-state index contributed by atoms with van der Waals surface area (Å²) >= 11 is 6.03. The average Bonchev–Trinajstić information content (AvgIpc) is 2.71. The molecule has 0 spiro atoms. The second-order valence-electron chi connectivity index (χ2n) is 6.54. The van der Waals surface area contributed by atoms with Crippen molar-refractivity contribution in [3.8, 4) is 22.7 Å². The SMILES string of the molecule is CCOc1ccc2cc(-c3ccc(=O)n(C)c3)c(=O)n(-c3ccc(Cl)cc3)c2n1. The molecule has 7 heteroatoms. The molecule has 0 aliphatic heterocycles. The zero-order valence-electron chi connectivity index (χ0n) is 15.9. The Hall–Kier alpha value is -3.38. The molecule has 0 radical (unpaired) electrons. The van der Waals surface area contributed by atoms with Gasteiger partial charge in [0.25, 0.3) is 5.56 Å². The van der Waals surface area contributed by atoms with Gasteiger partial charge >= 0.3 is 0 Å². The lowest BCUT2D eigenvalue weighted by Crippen LogP contribution is -2.22. The molecule has 0 unspecified atom stereocenters. The fourth-order valence-electron chi connectivity index (χ4n) is 3.19. The van der Waals surface area contributed by atoms with Crippen molar-refractivity contribution < 1.29 is 4.74 Å². The summed E-state index contributed by atoms with van der Waals surface area (Å²) in [6.45, 7) is 2.35. The van der Waals surface area contributed by atoms with E-state index < -0.39 is 0 Å². The largest absolute Gasteiger partial charge is 0.478 e. The number of rotatable bonds is 4. The third-order valence-corrected chi connectivity index (χ3v) is 4.85. The highest BCUT2D eigenvalue weighted by molar-refractivity contribution is 6.30. The first-order valence-corrected chi connectivity index (χ1v) is 9.48. The maximum atomic E-state index is 13.5. The van der Waals surface area contributed by atoms with Crippen LogP contribution in [0.3, 0.4) is 0 Å². The molecule has 4 aromatic rings. The highest BCUT2D eigenvalue weighted by Gasteiger charge is 2.15. The standard InChI is InChI=1S/C22H18ClN3O3/c1-3-29-19-10-4-14-12-18(15-5-11-20(27)25(2)13-15)22(28)26(21(14)24-19)17-8-6-16(23)7-9-17/h4-13H,3H2,1-2H3. The number of hydrogen-bond donors (Lipinski definition) is 0. The molecule has 0 bridgehead atoms. The van der Waals surface area contributed by atoms with E-state index in [2.05, 4.69) is 4.98 Å². The Kier molecular flexibility index (Phi) is 4.94. The molecular weight excluding hydrogens is 390 g/mol. The Bertz CT molecular complexity index is 1320. The first-order chi connectivity index (χ1) is 14.0. The third-order valence-electron chi connectivity index (χ3n) is 4.60. The predicted octanol–water partition coefficient (Wildman–Crippen LogP) is 3.80. The molecule has 3 heterocycles. The molecule has 146 valence electrons. The number of benzene rings is 1. The third kappa shape index (κ3) is 3.54. The Morgan fingerprint density at radius 1 is 1.03 bits per heavy atom. The van der Waals surface area contributed by atoms with Gasteiger partial charge in [0.15, 0.2) is 5.65 Å². The molecule has 0 aliphatic carbocycles. The summed E-state index contributed by atoms with van der Waals surface area (Å²) in [5.41, 5.74) is 1.84. The molecule has 0 amide bonds. The minimum absolute atomic E-state index is 0.143. The molecular formula is C22H18ClN3O3. The van der Waals surface area contributed by atoms with Gasteiger partial charge < -0.3 is 9.30 Å². The molecule has 3 aromatic heterocycles. The Labute approximate surface area is 171 Å². The van der Waals surface area contributed by atoms with Crippen LogP contribution in [0.4, 0.5) is 0 Å². The zero-order valence-corrected chi connectivity index (χ0v) is 16.7. The van der Waals surface area contributed by atoms with Crippen LogP contribution in [-0.4, -0.2) is 20.7 Å². The normalized spacial score (nSPS) is 11.0. The lowest BCUT2D eigenvalue weighted by Gasteiger charge is -2.14. The van der Waals surface area contributed by atoms with Gasteiger partial charge in [-0.25, -0.2) is 0 Å². The van der Waals surface area contributed by atoms with E-state index in [-0.39, 0.29) is 11.1 Å². The van der Waals surface area contributed by atoms with E-state index >= 15 is 0 Å². The van der Waals surface area contributed by atoms with Gasteiger partial charge in [0, 0.05) is 46.9 Å². The van der Waals surface area contributed by atoms with Gasteiger partial charge in [-0.15, -0.1) is 0 Å². The summed E-state index contributed by atoms with van der Waals surface area (Å²) in [6, 6.07) is 15.5. The molecule has 6 nitrogen and oxygen atoms in total. The smallest absolute Gasteiger partial charge is 0.264 e. The Morgan fingerprint density at radius 2 is 1.79 bits per heavy atom. The van der Waals surface area contributed by atoms with Crippen molar-refractivity contribution in [3.05, 3.63) is 86.5 Å². The number of nitrogens with zero attached hydrogens (tertiary/aromatic N) is 3. The van der Waals surface area contributed by atoms with Crippen LogP contribution in [0.1, 0.15) is 6.92 Å². The quantitative estimate of drug-likeness (QED) is 0.516. The van der Waals surface area contributed by atoms with Gasteiger partial charge in [0.2, 0.25) is 11.4 Å². The number of hydrogen-bond acceptors (Lipinski definition) is 4. The summed E-state index contributed by atoms with van der Waals surface area (Å²) in [4.78, 5) is 29.8. The van der Waals surface area contributed by atoms with Crippen molar-refractivity contribution in [2.45, 2.75) is 6.92 Å². The first-order valence-electron chi connectivity index (χ1n) is 9.10. The van der Waals surface area contributed by atoms with E-state index in [1.165, 1.54) is 15.2 Å². The molecule has 29 heavy (non-hydrogen) atoms.